The van der Waals surface area contributed by atoms with E-state index in [1.165, 1.54) is 22.3 Å². The molecule has 0 radical (unpaired) electrons. The van der Waals surface area contributed by atoms with Crippen molar-refractivity contribution in [2.24, 2.45) is 10.8 Å². The molecule has 1 saturated carbocycles. The molecule has 99 heavy (non-hydrogen) atoms. The summed E-state index contributed by atoms with van der Waals surface area (Å²) in [6.07, 6.45) is 21.5. The van der Waals surface area contributed by atoms with E-state index >= 15 is 0 Å². The van der Waals surface area contributed by atoms with Gasteiger partial charge < -0.3 is 37.9 Å². The largest absolute Gasteiger partial charge is 0.490 e. The predicted molar refractivity (Wildman–Crippen MR) is 380 cm³/mol. The Morgan fingerprint density at radius 2 is 0.960 bits per heavy atom. The van der Waals surface area contributed by atoms with Crippen LogP contribution >= 0.6 is 0 Å². The third-order valence-electron chi connectivity index (χ3n) is 15.1. The van der Waals surface area contributed by atoms with Crippen molar-refractivity contribution in [3.8, 4) is 254 Å². The molecule has 2 atom stereocenters. The highest BCUT2D eigenvalue weighted by Gasteiger charge is 2.56. The summed E-state index contributed by atoms with van der Waals surface area (Å²) in [6.45, 7) is 14.9. The van der Waals surface area contributed by atoms with Gasteiger partial charge in [-0.25, -0.2) is 0 Å². The predicted octanol–water partition coefficient (Wildman–Crippen LogP) is 11.5. The summed E-state index contributed by atoms with van der Waals surface area (Å²) in [4.78, 5) is 25.2. The van der Waals surface area contributed by atoms with E-state index < -0.39 is 29.4 Å². The molecule has 2 aliphatic carbocycles. The highest BCUT2D eigenvalue weighted by molar-refractivity contribution is 6.10. The zero-order valence-corrected chi connectivity index (χ0v) is 55.2. The molecule has 2 unspecified atom stereocenters. The summed E-state index contributed by atoms with van der Waals surface area (Å²) in [5.41, 5.74) is 6.00. The van der Waals surface area contributed by atoms with E-state index in [0.29, 0.717) is 28.7 Å². The van der Waals surface area contributed by atoms with Crippen molar-refractivity contribution in [1.82, 2.24) is 0 Å². The van der Waals surface area contributed by atoms with Crippen LogP contribution in [0.4, 0.5) is 0 Å². The quantitative estimate of drug-likeness (QED) is 0.0642. The van der Waals surface area contributed by atoms with E-state index in [-0.39, 0.29) is 48.9 Å². The Morgan fingerprint density at radius 3 is 1.47 bits per heavy atom. The minimum Gasteiger partial charge on any atom is -0.490 e. The maximum Gasteiger partial charge on any atom is 0.306 e. The Balaban J connectivity index is 0.893. The second kappa shape index (κ2) is 32.7. The van der Waals surface area contributed by atoms with Crippen LogP contribution in [-0.4, -0.2) is 43.7 Å². The van der Waals surface area contributed by atoms with E-state index in [4.69, 9.17) is 50.7 Å². The van der Waals surface area contributed by atoms with Crippen LogP contribution in [0.5, 0.6) is 28.7 Å². The average Bonchev–Trinajstić information content (AvgIpc) is 1.55. The third kappa shape index (κ3) is 18.4. The molecule has 0 amide bonds. The smallest absolute Gasteiger partial charge is 0.306 e. The maximum atomic E-state index is 12.7. The summed E-state index contributed by atoms with van der Waals surface area (Å²) < 4.78 is 48.8. The monoisotopic (exact) mass is 1280 g/mol. The Labute approximate surface area is 580 Å². The van der Waals surface area contributed by atoms with Gasteiger partial charge in [-0.3, -0.25) is 9.59 Å². The van der Waals surface area contributed by atoms with Gasteiger partial charge in [-0.1, -0.05) is 82.3 Å². The van der Waals surface area contributed by atoms with Crippen molar-refractivity contribution in [1.29, 1.82) is 0 Å². The number of esters is 2. The molecule has 2 heterocycles. The Bertz CT molecular complexity index is 5370. The van der Waals surface area contributed by atoms with Crippen molar-refractivity contribution >= 4 is 28.8 Å². The Morgan fingerprint density at radius 1 is 0.505 bits per heavy atom. The van der Waals surface area contributed by atoms with Crippen molar-refractivity contribution in [2.75, 3.05) is 19.8 Å². The van der Waals surface area contributed by atoms with Crippen LogP contribution in [0.1, 0.15) is 108 Å². The molecule has 5 aromatic carbocycles. The normalized spacial score (nSPS) is 14.6. The maximum absolute atomic E-state index is 12.7. The number of fused-ring (bicyclic) bond motifs is 11. The van der Waals surface area contributed by atoms with Gasteiger partial charge in [0.05, 0.1) is 12.8 Å². The van der Waals surface area contributed by atoms with Gasteiger partial charge >= 0.3 is 11.9 Å². The number of hydrogen-bond donors (Lipinski definition) is 0. The van der Waals surface area contributed by atoms with E-state index in [9.17, 15) is 9.59 Å². The lowest BCUT2D eigenvalue weighted by Crippen LogP contribution is -2.44. The van der Waals surface area contributed by atoms with Gasteiger partial charge in [0.15, 0.2) is 17.1 Å². The lowest BCUT2D eigenvalue weighted by molar-refractivity contribution is -0.152. The molecule has 9 rings (SSSR count). The molecule has 10 nitrogen and oxygen atoms in total. The zero-order valence-electron chi connectivity index (χ0n) is 55.2. The summed E-state index contributed by atoms with van der Waals surface area (Å²) in [7, 11) is 0. The number of ether oxygens (including phenoxy) is 8. The summed E-state index contributed by atoms with van der Waals surface area (Å²) in [6, 6.07) is 28.3. The molecule has 4 aliphatic rings. The third-order valence-corrected chi connectivity index (χ3v) is 15.1. The molecule has 5 aromatic rings. The van der Waals surface area contributed by atoms with Gasteiger partial charge in [0.1, 0.15) is 55.4 Å². The number of carbonyl (C=O) groups excluding carboxylic acids is 2. The molecular weight excluding hydrogens is 1230 g/mol. The van der Waals surface area contributed by atoms with Gasteiger partial charge in [-0.15, -0.1) is 12.8 Å². The second-order valence-corrected chi connectivity index (χ2v) is 24.2. The average molecular weight is 1290 g/mol. The SMILES string of the molecule is C#CC#CC#CC#CC#CC#CC#CC#CC#COc1ccc(C2(c3ccc(OCCOC(=O)CCC(=O)OCC(C)OC#CC#CC#CC#CC#CC#CC#CC#CC#C)cc3)C=Cc3c4c(c5cc6c(cc5c3O2)OC(C)(C)O6)-c2ccccc2C42CC(C)(C)CC(C)(C)C2)cc1. The first kappa shape index (κ1) is 69.3. The summed E-state index contributed by atoms with van der Waals surface area (Å²) >= 11 is 0. The van der Waals surface area contributed by atoms with Crippen LogP contribution in [0.25, 0.3) is 28.0 Å². The fourth-order valence-corrected chi connectivity index (χ4v) is 12.5. The van der Waals surface area contributed by atoms with Gasteiger partial charge in [-0.2, -0.15) is 0 Å². The molecule has 1 fully saturated rings. The van der Waals surface area contributed by atoms with Crippen LogP contribution in [0.15, 0.2) is 91.0 Å². The molecule has 2 aliphatic heterocycles. The molecule has 0 aromatic heterocycles. The van der Waals surface area contributed by atoms with Crippen molar-refractivity contribution in [3.63, 3.8) is 0 Å². The first-order valence-electron chi connectivity index (χ1n) is 30.9. The number of benzene rings is 5. The summed E-state index contributed by atoms with van der Waals surface area (Å²) in [5, 5.41) is 1.88. The molecule has 0 N–H and O–H groups in total. The lowest BCUT2D eigenvalue weighted by atomic mass is 9.52. The Hall–Kier alpha value is -14.1. The molecule has 1 spiro atoms. The minimum absolute atomic E-state index is 0.00523. The molecule has 10 heteroatoms. The van der Waals surface area contributed by atoms with E-state index in [1.807, 2.05) is 62.4 Å². The van der Waals surface area contributed by atoms with Crippen LogP contribution in [-0.2, 0) is 34.8 Å². The van der Waals surface area contributed by atoms with E-state index in [0.717, 1.165) is 46.7 Å². The lowest BCUT2D eigenvalue weighted by Gasteiger charge is -2.52. The number of carbonyl (C=O) groups is 2. The topological polar surface area (TPSA) is 108 Å². The zero-order chi connectivity index (χ0) is 70.0. The van der Waals surface area contributed by atoms with Crippen molar-refractivity contribution in [3.05, 3.63) is 119 Å². The highest BCUT2D eigenvalue weighted by atomic mass is 16.7. The first-order chi connectivity index (χ1) is 48.0. The van der Waals surface area contributed by atoms with Crippen LogP contribution in [0.3, 0.4) is 0 Å². The van der Waals surface area contributed by atoms with Gasteiger partial charge in [0.2, 0.25) is 5.79 Å². The van der Waals surface area contributed by atoms with E-state index in [2.05, 4.69) is 278 Å². The summed E-state index contributed by atoms with van der Waals surface area (Å²) in [5.74, 6) is 80.7. The molecule has 0 bridgehead atoms. The minimum atomic E-state index is -1.22. The highest BCUT2D eigenvalue weighted by Crippen LogP contribution is 2.67. The van der Waals surface area contributed by atoms with Crippen molar-refractivity contribution in [2.45, 2.75) is 103 Å². The molecular formula is C89H56O10. The fourth-order valence-electron chi connectivity index (χ4n) is 12.5. The standard InChI is InChI=1S/C89H56O10/c1-10-12-14-16-18-20-22-24-26-28-30-32-34-36-38-42-58-92-68(3)64-96-81(91)55-54-80(90)95-61-60-94-72-52-48-70(49-53-72)89(69-46-50-71(51-47-69)93-59-43-39-37-35-33-31-29-27-25-23-21-19-17-15-13-11-2)57-56-74-83-82(75-62-78-79(98-87(8,9)97-78)63-76(75)84(74)99-89)73-44-40-41-45-77(73)88(83)66-85(4,5)65-86(6,7)67-88/h1-2,40-41,44-53,56-57,62-63,68H,54-55,60-61,64-67H2,3-9H3. The van der Waals surface area contributed by atoms with Crippen LogP contribution < -0.4 is 23.7 Å². The van der Waals surface area contributed by atoms with Crippen LogP contribution in [0, 0.1) is 225 Å². The van der Waals surface area contributed by atoms with Gasteiger partial charge in [0, 0.05) is 136 Å². The van der Waals surface area contributed by atoms with Gasteiger partial charge in [0.25, 0.3) is 0 Å². The number of rotatable bonds is 13. The molecule has 0 saturated heterocycles. The number of hydrogen-bond acceptors (Lipinski definition) is 10. The van der Waals surface area contributed by atoms with Gasteiger partial charge in [-0.05, 0) is 202 Å². The van der Waals surface area contributed by atoms with Crippen LogP contribution in [0.2, 0.25) is 0 Å². The number of terminal acetylenes is 2. The van der Waals surface area contributed by atoms with E-state index in [1.54, 1.807) is 6.92 Å². The fraction of sp³-hybridized carbons (Fsp3) is 0.236. The van der Waals surface area contributed by atoms with Crippen molar-refractivity contribution < 1.29 is 47.5 Å². The Kier molecular flexibility index (Phi) is 22.9. The first-order valence-corrected chi connectivity index (χ1v) is 30.9. The second-order valence-electron chi connectivity index (χ2n) is 24.2. The molecule has 472 valence electrons.